The number of hydrazine groups is 1. The van der Waals surface area contributed by atoms with Crippen LogP contribution in [0.5, 0.6) is 0 Å². The number of hydrogen-bond acceptors (Lipinski definition) is 3. The molecule has 2 aromatic rings. The van der Waals surface area contributed by atoms with E-state index in [1.54, 1.807) is 35.1 Å². The van der Waals surface area contributed by atoms with Crippen molar-refractivity contribution >= 4 is 11.8 Å². The van der Waals surface area contributed by atoms with Crippen LogP contribution < -0.4 is 10.9 Å². The summed E-state index contributed by atoms with van der Waals surface area (Å²) in [6.45, 7) is 0. The van der Waals surface area contributed by atoms with E-state index < -0.39 is 0 Å². The summed E-state index contributed by atoms with van der Waals surface area (Å²) in [5.41, 5.74) is 6.50. The summed E-state index contributed by atoms with van der Waals surface area (Å²) in [7, 11) is 1.85. The fourth-order valence-electron chi connectivity index (χ4n) is 2.36. The summed E-state index contributed by atoms with van der Waals surface area (Å²) < 4.78 is 1.72. The molecule has 108 valence electrons. The predicted molar refractivity (Wildman–Crippen MR) is 76.1 cm³/mol. The summed E-state index contributed by atoms with van der Waals surface area (Å²) in [5, 5.41) is 4.10. The number of aryl methyl sites for hydroxylation is 1. The highest BCUT2D eigenvalue weighted by Crippen LogP contribution is 2.47. The second kappa shape index (κ2) is 5.40. The highest BCUT2D eigenvalue weighted by molar-refractivity contribution is 5.95. The Kier molecular flexibility index (Phi) is 3.43. The maximum absolute atomic E-state index is 12.0. The molecule has 1 heterocycles. The predicted octanol–water partition coefficient (Wildman–Crippen LogP) is 0.985. The van der Waals surface area contributed by atoms with Crippen LogP contribution in [0.2, 0.25) is 0 Å². The van der Waals surface area contributed by atoms with Gasteiger partial charge >= 0.3 is 0 Å². The summed E-state index contributed by atoms with van der Waals surface area (Å²) in [4.78, 5) is 23.8. The fourth-order valence-corrected chi connectivity index (χ4v) is 2.36. The Bertz CT molecular complexity index is 665. The van der Waals surface area contributed by atoms with Crippen molar-refractivity contribution < 1.29 is 9.59 Å². The molecule has 0 bridgehead atoms. The lowest BCUT2D eigenvalue weighted by Gasteiger charge is -2.06. The van der Waals surface area contributed by atoms with Gasteiger partial charge in [0.2, 0.25) is 5.91 Å². The van der Waals surface area contributed by atoms with Gasteiger partial charge in [-0.05, 0) is 30.0 Å². The van der Waals surface area contributed by atoms with Gasteiger partial charge in [-0.2, -0.15) is 5.10 Å². The van der Waals surface area contributed by atoms with Crippen molar-refractivity contribution in [3.8, 4) is 0 Å². The quantitative estimate of drug-likeness (QED) is 0.825. The van der Waals surface area contributed by atoms with Crippen LogP contribution in [0.4, 0.5) is 0 Å². The fraction of sp³-hybridized carbons (Fsp3) is 0.267. The maximum Gasteiger partial charge on any atom is 0.269 e. The van der Waals surface area contributed by atoms with E-state index in [0.717, 1.165) is 12.0 Å². The van der Waals surface area contributed by atoms with Crippen LogP contribution in [0.3, 0.4) is 0 Å². The van der Waals surface area contributed by atoms with E-state index in [-0.39, 0.29) is 23.7 Å². The average molecular weight is 284 g/mol. The van der Waals surface area contributed by atoms with Crippen molar-refractivity contribution in [1.29, 1.82) is 0 Å². The van der Waals surface area contributed by atoms with Gasteiger partial charge in [0.25, 0.3) is 5.91 Å². The first-order valence-corrected chi connectivity index (χ1v) is 6.79. The first kappa shape index (κ1) is 13.4. The number of carbonyl (C=O) groups excluding carboxylic acids is 2. The van der Waals surface area contributed by atoms with Gasteiger partial charge in [0.15, 0.2) is 0 Å². The first-order chi connectivity index (χ1) is 10.1. The van der Waals surface area contributed by atoms with Crippen molar-refractivity contribution in [2.75, 3.05) is 0 Å². The SMILES string of the molecule is Cn1cc([C@@H]2C[C@H]2C(=O)NNC(=O)c2ccccc2)cn1. The molecule has 1 aromatic carbocycles. The maximum atomic E-state index is 12.0. The topological polar surface area (TPSA) is 76.0 Å². The summed E-state index contributed by atoms with van der Waals surface area (Å²) in [5.74, 6) is -0.367. The Morgan fingerprint density at radius 3 is 2.67 bits per heavy atom. The number of aromatic nitrogens is 2. The van der Waals surface area contributed by atoms with Crippen molar-refractivity contribution in [3.63, 3.8) is 0 Å². The molecule has 1 aliphatic rings. The van der Waals surface area contributed by atoms with Crippen LogP contribution in [0, 0.1) is 5.92 Å². The third-order valence-corrected chi connectivity index (χ3v) is 3.62. The summed E-state index contributed by atoms with van der Waals surface area (Å²) in [6.07, 6.45) is 4.49. The van der Waals surface area contributed by atoms with Crippen LogP contribution in [0.25, 0.3) is 0 Å². The molecule has 6 nitrogen and oxygen atoms in total. The van der Waals surface area contributed by atoms with Gasteiger partial charge in [-0.1, -0.05) is 18.2 Å². The minimum atomic E-state index is -0.317. The number of hydrogen-bond donors (Lipinski definition) is 2. The third kappa shape index (κ3) is 2.94. The van der Waals surface area contributed by atoms with Gasteiger partial charge in [-0.3, -0.25) is 25.1 Å². The van der Waals surface area contributed by atoms with Crippen LogP contribution in [0.1, 0.15) is 28.3 Å². The lowest BCUT2D eigenvalue weighted by Crippen LogP contribution is -2.42. The molecule has 1 saturated carbocycles. The zero-order valence-corrected chi connectivity index (χ0v) is 11.6. The van der Waals surface area contributed by atoms with Gasteiger partial charge in [-0.15, -0.1) is 0 Å². The number of nitrogens with zero attached hydrogens (tertiary/aromatic N) is 2. The van der Waals surface area contributed by atoms with Crippen LogP contribution >= 0.6 is 0 Å². The standard InChI is InChI=1S/C15H16N4O2/c1-19-9-11(8-16-19)12-7-13(12)15(21)18-17-14(20)10-5-3-2-4-6-10/h2-6,8-9,12-13H,7H2,1H3,(H,17,20)(H,18,21)/t12-,13+/m0/s1. The molecule has 0 aliphatic heterocycles. The van der Waals surface area contributed by atoms with Crippen molar-refractivity contribution in [1.82, 2.24) is 20.6 Å². The van der Waals surface area contributed by atoms with E-state index in [1.165, 1.54) is 0 Å². The molecular formula is C15H16N4O2. The number of benzene rings is 1. The molecule has 0 unspecified atom stereocenters. The zero-order chi connectivity index (χ0) is 14.8. The minimum absolute atomic E-state index is 0.0923. The lowest BCUT2D eigenvalue weighted by atomic mass is 10.2. The molecule has 6 heteroatoms. The number of nitrogens with one attached hydrogen (secondary N) is 2. The van der Waals surface area contributed by atoms with Gasteiger partial charge in [0.05, 0.1) is 6.20 Å². The molecule has 21 heavy (non-hydrogen) atoms. The van der Waals surface area contributed by atoms with Crippen LogP contribution in [-0.4, -0.2) is 21.6 Å². The van der Waals surface area contributed by atoms with Crippen LogP contribution in [0.15, 0.2) is 42.7 Å². The highest BCUT2D eigenvalue weighted by Gasteiger charge is 2.44. The van der Waals surface area contributed by atoms with Crippen molar-refractivity contribution in [2.45, 2.75) is 12.3 Å². The van der Waals surface area contributed by atoms with E-state index in [2.05, 4.69) is 16.0 Å². The Morgan fingerprint density at radius 2 is 2.00 bits per heavy atom. The molecule has 0 radical (unpaired) electrons. The third-order valence-electron chi connectivity index (χ3n) is 3.62. The van der Waals surface area contributed by atoms with Gasteiger partial charge in [0, 0.05) is 24.7 Å². The smallest absolute Gasteiger partial charge is 0.269 e. The Balaban J connectivity index is 1.51. The van der Waals surface area contributed by atoms with Crippen LogP contribution in [-0.2, 0) is 11.8 Å². The monoisotopic (exact) mass is 284 g/mol. The molecule has 0 spiro atoms. The average Bonchev–Trinajstić information content (AvgIpc) is 3.20. The van der Waals surface area contributed by atoms with Gasteiger partial charge < -0.3 is 0 Å². The first-order valence-electron chi connectivity index (χ1n) is 6.79. The Labute approximate surface area is 122 Å². The summed E-state index contributed by atoms with van der Waals surface area (Å²) in [6, 6.07) is 8.76. The van der Waals surface area contributed by atoms with Gasteiger partial charge in [0.1, 0.15) is 0 Å². The highest BCUT2D eigenvalue weighted by atomic mass is 16.2. The largest absolute Gasteiger partial charge is 0.276 e. The van der Waals surface area contributed by atoms with E-state index in [1.807, 2.05) is 19.3 Å². The molecule has 2 amide bonds. The minimum Gasteiger partial charge on any atom is -0.276 e. The number of amides is 2. The van der Waals surface area contributed by atoms with E-state index in [4.69, 9.17) is 0 Å². The number of rotatable bonds is 3. The molecule has 0 saturated heterocycles. The molecule has 1 fully saturated rings. The molecule has 2 N–H and O–H groups in total. The zero-order valence-electron chi connectivity index (χ0n) is 11.6. The Hall–Kier alpha value is -2.63. The van der Waals surface area contributed by atoms with E-state index in [9.17, 15) is 9.59 Å². The van der Waals surface area contributed by atoms with E-state index in [0.29, 0.717) is 5.56 Å². The lowest BCUT2D eigenvalue weighted by molar-refractivity contribution is -0.123. The molecule has 2 atom stereocenters. The second-order valence-corrected chi connectivity index (χ2v) is 5.21. The van der Waals surface area contributed by atoms with E-state index >= 15 is 0 Å². The molecule has 1 aliphatic carbocycles. The molecular weight excluding hydrogens is 268 g/mol. The Morgan fingerprint density at radius 1 is 1.24 bits per heavy atom. The van der Waals surface area contributed by atoms with Crippen molar-refractivity contribution in [2.24, 2.45) is 13.0 Å². The van der Waals surface area contributed by atoms with Crippen molar-refractivity contribution in [3.05, 3.63) is 53.9 Å². The molecule has 1 aromatic heterocycles. The number of carbonyl (C=O) groups is 2. The van der Waals surface area contributed by atoms with Gasteiger partial charge in [-0.25, -0.2) is 0 Å². The second-order valence-electron chi connectivity index (χ2n) is 5.21. The molecule has 3 rings (SSSR count). The summed E-state index contributed by atoms with van der Waals surface area (Å²) >= 11 is 0. The normalized spacial score (nSPS) is 19.9.